The van der Waals surface area contributed by atoms with Crippen molar-refractivity contribution in [1.82, 2.24) is 14.5 Å². The largest absolute Gasteiger partial charge is 0.343 e. The fourth-order valence-corrected chi connectivity index (χ4v) is 4.85. The predicted molar refractivity (Wildman–Crippen MR) is 129 cm³/mol. The molecule has 0 aliphatic rings. The van der Waals surface area contributed by atoms with Gasteiger partial charge in [0.05, 0.1) is 18.0 Å². The van der Waals surface area contributed by atoms with E-state index < -0.39 is 0 Å². The molecule has 9 heteroatoms. The van der Waals surface area contributed by atoms with Crippen LogP contribution in [0.3, 0.4) is 0 Å². The van der Waals surface area contributed by atoms with E-state index in [1.807, 2.05) is 45.3 Å². The number of aromatic nitrogens is 2. The van der Waals surface area contributed by atoms with Gasteiger partial charge in [0.15, 0.2) is 0 Å². The molecule has 0 radical (unpaired) electrons. The van der Waals surface area contributed by atoms with E-state index in [2.05, 4.69) is 17.2 Å². The Morgan fingerprint density at radius 3 is 2.67 bits per heavy atom. The van der Waals surface area contributed by atoms with Gasteiger partial charge in [-0.1, -0.05) is 13.0 Å². The van der Waals surface area contributed by atoms with Gasteiger partial charge in [0.25, 0.3) is 11.8 Å². The molecule has 0 atom stereocenters. The minimum absolute atomic E-state index is 0.0357. The number of thiophene rings is 1. The number of thiazole rings is 1. The summed E-state index contributed by atoms with van der Waals surface area (Å²) in [5.41, 5.74) is 1.82. The van der Waals surface area contributed by atoms with Crippen LogP contribution >= 0.6 is 22.7 Å². The van der Waals surface area contributed by atoms with Gasteiger partial charge in [0.1, 0.15) is 16.5 Å². The van der Waals surface area contributed by atoms with Crippen LogP contribution in [0.25, 0.3) is 0 Å². The first kappa shape index (κ1) is 22.9. The van der Waals surface area contributed by atoms with Crippen molar-refractivity contribution in [3.05, 3.63) is 92.6 Å². The first-order valence-corrected chi connectivity index (χ1v) is 12.3. The quantitative estimate of drug-likeness (QED) is 0.343. The Bertz CT molecular complexity index is 1220. The van der Waals surface area contributed by atoms with E-state index in [1.165, 1.54) is 46.9 Å². The van der Waals surface area contributed by atoms with Crippen LogP contribution in [0.15, 0.2) is 65.5 Å². The monoisotopic (exact) mass is 482 g/mol. The van der Waals surface area contributed by atoms with E-state index in [-0.39, 0.29) is 17.6 Å². The Kier molecular flexibility index (Phi) is 7.31. The summed E-state index contributed by atoms with van der Waals surface area (Å²) in [4.78, 5) is 32.4. The summed E-state index contributed by atoms with van der Waals surface area (Å²) < 4.78 is 15.1. The molecule has 6 nitrogen and oxygen atoms in total. The summed E-state index contributed by atoms with van der Waals surface area (Å²) in [6.45, 7) is 3.74. The minimum Gasteiger partial charge on any atom is -0.343 e. The molecule has 0 saturated carbocycles. The lowest BCUT2D eigenvalue weighted by Crippen LogP contribution is -2.31. The van der Waals surface area contributed by atoms with Gasteiger partial charge in [-0.05, 0) is 54.3 Å². The molecule has 4 rings (SSSR count). The fraction of sp³-hybridized carbons (Fsp3) is 0.208. The Morgan fingerprint density at radius 1 is 1.12 bits per heavy atom. The van der Waals surface area contributed by atoms with Gasteiger partial charge >= 0.3 is 0 Å². The number of anilines is 1. The fourth-order valence-electron chi connectivity index (χ4n) is 3.38. The maximum atomic E-state index is 13.1. The molecule has 3 aromatic heterocycles. The third kappa shape index (κ3) is 5.74. The number of amides is 2. The number of hydrogen-bond donors (Lipinski definition) is 1. The van der Waals surface area contributed by atoms with Crippen LogP contribution < -0.4 is 5.32 Å². The minimum atomic E-state index is -0.360. The van der Waals surface area contributed by atoms with Crippen molar-refractivity contribution in [2.45, 2.75) is 26.4 Å². The SMILES string of the molecule is CCCN(Cc1cccn1Cc1nc(C(=O)Nc2ccc(F)cc2)cs1)C(=O)c1cccs1. The number of rotatable bonds is 9. The van der Waals surface area contributed by atoms with Crippen molar-refractivity contribution in [2.75, 3.05) is 11.9 Å². The van der Waals surface area contributed by atoms with E-state index in [0.717, 1.165) is 22.0 Å². The van der Waals surface area contributed by atoms with E-state index >= 15 is 0 Å². The number of carbonyl (C=O) groups is 2. The third-order valence-electron chi connectivity index (χ3n) is 4.98. The predicted octanol–water partition coefficient (Wildman–Crippen LogP) is 5.50. The highest BCUT2D eigenvalue weighted by Crippen LogP contribution is 2.18. The van der Waals surface area contributed by atoms with Crippen LogP contribution in [0.2, 0.25) is 0 Å². The topological polar surface area (TPSA) is 67.2 Å². The number of benzene rings is 1. The van der Waals surface area contributed by atoms with Gasteiger partial charge in [-0.25, -0.2) is 9.37 Å². The molecule has 170 valence electrons. The highest BCUT2D eigenvalue weighted by atomic mass is 32.1. The summed E-state index contributed by atoms with van der Waals surface area (Å²) >= 11 is 2.85. The van der Waals surface area contributed by atoms with Crippen LogP contribution in [-0.2, 0) is 13.1 Å². The molecule has 0 aliphatic carbocycles. The van der Waals surface area contributed by atoms with Crippen molar-refractivity contribution >= 4 is 40.2 Å². The second kappa shape index (κ2) is 10.5. The molecule has 2 amide bonds. The molecule has 0 spiro atoms. The molecule has 4 aromatic rings. The van der Waals surface area contributed by atoms with Crippen molar-refractivity contribution in [3.63, 3.8) is 0 Å². The van der Waals surface area contributed by atoms with Gasteiger partial charge in [0.2, 0.25) is 0 Å². The Balaban J connectivity index is 1.43. The summed E-state index contributed by atoms with van der Waals surface area (Å²) in [6.07, 6.45) is 2.82. The number of nitrogens with one attached hydrogen (secondary N) is 1. The van der Waals surface area contributed by atoms with Crippen molar-refractivity contribution < 1.29 is 14.0 Å². The average Bonchev–Trinajstić information content (AvgIpc) is 3.58. The molecule has 3 heterocycles. The van der Waals surface area contributed by atoms with E-state index in [9.17, 15) is 14.0 Å². The van der Waals surface area contributed by atoms with Crippen LogP contribution in [0.5, 0.6) is 0 Å². The van der Waals surface area contributed by atoms with Gasteiger partial charge < -0.3 is 14.8 Å². The molecule has 1 aromatic carbocycles. The molecule has 0 bridgehead atoms. The summed E-state index contributed by atoms with van der Waals surface area (Å²) in [5, 5.41) is 7.12. The lowest BCUT2D eigenvalue weighted by Gasteiger charge is -2.22. The van der Waals surface area contributed by atoms with Crippen LogP contribution in [0.4, 0.5) is 10.1 Å². The zero-order chi connectivity index (χ0) is 23.2. The molecule has 0 unspecified atom stereocenters. The highest BCUT2D eigenvalue weighted by molar-refractivity contribution is 7.12. The third-order valence-corrected chi connectivity index (χ3v) is 6.67. The molecule has 33 heavy (non-hydrogen) atoms. The Labute approximate surface area is 199 Å². The standard InChI is InChI=1S/C24H23FN4O2S2/c1-2-11-29(24(31)21-6-4-13-32-21)14-19-5-3-12-28(19)15-22-27-20(16-33-22)23(30)26-18-9-7-17(25)8-10-18/h3-10,12-13,16H,2,11,14-15H2,1H3,(H,26,30). The highest BCUT2D eigenvalue weighted by Gasteiger charge is 2.18. The maximum Gasteiger partial charge on any atom is 0.275 e. The summed E-state index contributed by atoms with van der Waals surface area (Å²) in [5.74, 6) is -0.665. The lowest BCUT2D eigenvalue weighted by atomic mass is 10.3. The average molecular weight is 483 g/mol. The first-order chi connectivity index (χ1) is 16.0. The Hall–Kier alpha value is -3.30. The number of hydrogen-bond acceptors (Lipinski definition) is 5. The van der Waals surface area contributed by atoms with Gasteiger partial charge in [-0.15, -0.1) is 22.7 Å². The van der Waals surface area contributed by atoms with Crippen LogP contribution in [-0.4, -0.2) is 32.8 Å². The molecule has 0 fully saturated rings. The maximum absolute atomic E-state index is 13.1. The van der Waals surface area contributed by atoms with Gasteiger partial charge in [-0.3, -0.25) is 9.59 Å². The molecule has 1 N–H and O–H groups in total. The smallest absolute Gasteiger partial charge is 0.275 e. The van der Waals surface area contributed by atoms with Crippen LogP contribution in [0.1, 0.15) is 44.2 Å². The zero-order valence-electron chi connectivity index (χ0n) is 18.0. The second-order valence-electron chi connectivity index (χ2n) is 7.42. The zero-order valence-corrected chi connectivity index (χ0v) is 19.7. The van der Waals surface area contributed by atoms with Crippen molar-refractivity contribution in [2.24, 2.45) is 0 Å². The molecule has 0 aliphatic heterocycles. The number of halogens is 1. The second-order valence-corrected chi connectivity index (χ2v) is 9.31. The first-order valence-electron chi connectivity index (χ1n) is 10.5. The normalized spacial score (nSPS) is 10.8. The van der Waals surface area contributed by atoms with Gasteiger partial charge in [-0.2, -0.15) is 0 Å². The van der Waals surface area contributed by atoms with E-state index in [0.29, 0.717) is 31.0 Å². The van der Waals surface area contributed by atoms with Crippen LogP contribution in [0, 0.1) is 5.82 Å². The van der Waals surface area contributed by atoms with Crippen molar-refractivity contribution in [1.29, 1.82) is 0 Å². The van der Waals surface area contributed by atoms with E-state index in [1.54, 1.807) is 5.38 Å². The lowest BCUT2D eigenvalue weighted by molar-refractivity contribution is 0.0744. The summed E-state index contributed by atoms with van der Waals surface area (Å²) in [7, 11) is 0. The number of carbonyl (C=O) groups excluding carboxylic acids is 2. The molecule has 0 saturated heterocycles. The van der Waals surface area contributed by atoms with E-state index in [4.69, 9.17) is 0 Å². The Morgan fingerprint density at radius 2 is 1.94 bits per heavy atom. The molecular formula is C24H23FN4O2S2. The van der Waals surface area contributed by atoms with Gasteiger partial charge in [0, 0.05) is 29.5 Å². The van der Waals surface area contributed by atoms with Crippen molar-refractivity contribution in [3.8, 4) is 0 Å². The number of nitrogens with zero attached hydrogens (tertiary/aromatic N) is 3. The summed E-state index contributed by atoms with van der Waals surface area (Å²) in [6, 6.07) is 13.3. The molecular weight excluding hydrogens is 459 g/mol.